The van der Waals surface area contributed by atoms with Gasteiger partial charge in [-0.25, -0.2) is 0 Å². The highest BCUT2D eigenvalue weighted by atomic mass is 19.4. The second-order valence-corrected chi connectivity index (χ2v) is 6.08. The fraction of sp³-hybridized carbons (Fsp3) is 0.471. The van der Waals surface area contributed by atoms with Gasteiger partial charge in [-0.05, 0) is 31.0 Å². The van der Waals surface area contributed by atoms with Crippen LogP contribution in [0.2, 0.25) is 0 Å². The van der Waals surface area contributed by atoms with Crippen LogP contribution in [0.15, 0.2) is 22.6 Å². The van der Waals surface area contributed by atoms with Crippen LogP contribution in [0.1, 0.15) is 40.9 Å². The number of benzene rings is 1. The fourth-order valence-electron chi connectivity index (χ4n) is 3.00. The number of piperidine rings is 1. The van der Waals surface area contributed by atoms with Crippen molar-refractivity contribution in [3.05, 3.63) is 35.5 Å². The van der Waals surface area contributed by atoms with Gasteiger partial charge in [0, 0.05) is 24.6 Å². The predicted octanol–water partition coefficient (Wildman–Crippen LogP) is 3.13. The topological polar surface area (TPSA) is 77.7 Å². The second kappa shape index (κ2) is 7.45. The Morgan fingerprint density at radius 1 is 1.15 bits per heavy atom. The summed E-state index contributed by atoms with van der Waals surface area (Å²) in [6.45, 7) is 0.753. The molecule has 0 spiro atoms. The largest absolute Gasteiger partial charge is 0.493 e. The van der Waals surface area contributed by atoms with Crippen molar-refractivity contribution in [1.82, 2.24) is 15.1 Å². The summed E-state index contributed by atoms with van der Waals surface area (Å²) >= 11 is 0. The number of likely N-dealkylation sites (tertiary alicyclic amines) is 1. The first-order chi connectivity index (χ1) is 12.8. The molecule has 1 aliphatic heterocycles. The number of hydrogen-bond acceptors (Lipinski definition) is 6. The molecule has 0 aliphatic carbocycles. The van der Waals surface area contributed by atoms with E-state index in [0.29, 0.717) is 43.0 Å². The maximum absolute atomic E-state index is 12.7. The summed E-state index contributed by atoms with van der Waals surface area (Å²) in [4.78, 5) is 14.3. The smallest absolute Gasteiger partial charge is 0.470 e. The zero-order valence-electron chi connectivity index (χ0n) is 14.7. The molecule has 0 saturated carbocycles. The number of hydrogen-bond donors (Lipinski definition) is 0. The number of alkyl halides is 3. The van der Waals surface area contributed by atoms with E-state index < -0.39 is 12.1 Å². The third-order valence-corrected chi connectivity index (χ3v) is 4.45. The van der Waals surface area contributed by atoms with E-state index in [1.54, 1.807) is 23.1 Å². The summed E-state index contributed by atoms with van der Waals surface area (Å²) in [6.07, 6.45) is -3.77. The maximum Gasteiger partial charge on any atom is 0.470 e. The SMILES string of the molecule is COc1ccc(C(=O)N2CCC(c3nnc(C(F)(F)F)o3)CC2)cc1OC. The van der Waals surface area contributed by atoms with Crippen LogP contribution in [0.3, 0.4) is 0 Å². The van der Waals surface area contributed by atoms with Gasteiger partial charge in [0.2, 0.25) is 5.89 Å². The Bertz CT molecular complexity index is 814. The van der Waals surface area contributed by atoms with Gasteiger partial charge in [-0.2, -0.15) is 13.2 Å². The minimum absolute atomic E-state index is 0.0412. The number of aromatic nitrogens is 2. The molecule has 0 N–H and O–H groups in total. The van der Waals surface area contributed by atoms with Crippen LogP contribution in [0.25, 0.3) is 0 Å². The Kier molecular flexibility index (Phi) is 5.24. The molecule has 0 radical (unpaired) electrons. The van der Waals surface area contributed by atoms with Crippen molar-refractivity contribution >= 4 is 5.91 Å². The zero-order chi connectivity index (χ0) is 19.6. The number of amides is 1. The first-order valence-corrected chi connectivity index (χ1v) is 8.25. The van der Waals surface area contributed by atoms with Gasteiger partial charge in [-0.15, -0.1) is 10.2 Å². The van der Waals surface area contributed by atoms with Gasteiger partial charge in [0.1, 0.15) is 0 Å². The lowest BCUT2D eigenvalue weighted by molar-refractivity contribution is -0.157. The molecule has 0 atom stereocenters. The van der Waals surface area contributed by atoms with Crippen LogP contribution in [-0.2, 0) is 6.18 Å². The second-order valence-electron chi connectivity index (χ2n) is 6.08. The van der Waals surface area contributed by atoms with Crippen molar-refractivity contribution in [2.75, 3.05) is 27.3 Å². The van der Waals surface area contributed by atoms with Crippen LogP contribution in [0, 0.1) is 0 Å². The highest BCUT2D eigenvalue weighted by Gasteiger charge is 2.39. The summed E-state index contributed by atoms with van der Waals surface area (Å²) in [5.41, 5.74) is 0.447. The lowest BCUT2D eigenvalue weighted by atomic mass is 9.96. The molecule has 0 bridgehead atoms. The monoisotopic (exact) mass is 385 g/mol. The molecular formula is C17H18F3N3O4. The number of rotatable bonds is 4. The predicted molar refractivity (Wildman–Crippen MR) is 86.7 cm³/mol. The van der Waals surface area contributed by atoms with E-state index in [9.17, 15) is 18.0 Å². The van der Waals surface area contributed by atoms with Gasteiger partial charge in [0.15, 0.2) is 11.5 Å². The fourth-order valence-corrected chi connectivity index (χ4v) is 3.00. The van der Waals surface area contributed by atoms with E-state index in [0.717, 1.165) is 0 Å². The molecule has 3 rings (SSSR count). The number of halogens is 3. The van der Waals surface area contributed by atoms with E-state index in [4.69, 9.17) is 13.9 Å². The van der Waals surface area contributed by atoms with Crippen molar-refractivity contribution in [2.45, 2.75) is 24.9 Å². The molecule has 1 aromatic carbocycles. The van der Waals surface area contributed by atoms with Crippen LogP contribution >= 0.6 is 0 Å². The van der Waals surface area contributed by atoms with Crippen molar-refractivity contribution in [2.24, 2.45) is 0 Å². The van der Waals surface area contributed by atoms with Crippen molar-refractivity contribution in [1.29, 1.82) is 0 Å². The Morgan fingerprint density at radius 3 is 2.37 bits per heavy atom. The molecule has 1 aliphatic rings. The molecule has 1 aromatic heterocycles. The molecular weight excluding hydrogens is 367 g/mol. The van der Waals surface area contributed by atoms with Crippen molar-refractivity contribution in [3.63, 3.8) is 0 Å². The van der Waals surface area contributed by atoms with Crippen LogP contribution in [0.5, 0.6) is 11.5 Å². The minimum atomic E-state index is -4.66. The molecule has 1 fully saturated rings. The Balaban J connectivity index is 1.65. The Hall–Kier alpha value is -2.78. The maximum atomic E-state index is 12.7. The van der Waals surface area contributed by atoms with Crippen LogP contribution in [0.4, 0.5) is 13.2 Å². The average molecular weight is 385 g/mol. The van der Waals surface area contributed by atoms with Gasteiger partial charge in [-0.1, -0.05) is 0 Å². The van der Waals surface area contributed by atoms with E-state index in [-0.39, 0.29) is 17.7 Å². The highest BCUT2D eigenvalue weighted by Crippen LogP contribution is 2.33. The van der Waals surface area contributed by atoms with Gasteiger partial charge in [0.05, 0.1) is 14.2 Å². The van der Waals surface area contributed by atoms with Crippen LogP contribution in [-0.4, -0.2) is 48.3 Å². The van der Waals surface area contributed by atoms with Crippen molar-refractivity contribution in [3.8, 4) is 11.5 Å². The van der Waals surface area contributed by atoms with E-state index in [2.05, 4.69) is 10.2 Å². The standard InChI is InChI=1S/C17H18F3N3O4/c1-25-12-4-3-11(9-13(12)26-2)15(24)23-7-5-10(6-8-23)14-21-22-16(27-14)17(18,19)20/h3-4,9-10H,5-8H2,1-2H3. The number of methoxy groups -OCH3 is 2. The van der Waals surface area contributed by atoms with Gasteiger partial charge < -0.3 is 18.8 Å². The van der Waals surface area contributed by atoms with E-state index >= 15 is 0 Å². The van der Waals surface area contributed by atoms with E-state index in [1.165, 1.54) is 14.2 Å². The number of carbonyl (C=O) groups is 1. The quantitative estimate of drug-likeness (QED) is 0.805. The lowest BCUT2D eigenvalue weighted by Gasteiger charge is -2.30. The Morgan fingerprint density at radius 2 is 1.81 bits per heavy atom. The van der Waals surface area contributed by atoms with Crippen LogP contribution < -0.4 is 9.47 Å². The Labute approximate surface area is 153 Å². The molecule has 146 valence electrons. The molecule has 0 unspecified atom stereocenters. The normalized spacial score (nSPS) is 15.7. The molecule has 1 amide bonds. The number of carbonyl (C=O) groups excluding carboxylic acids is 1. The van der Waals surface area contributed by atoms with Crippen molar-refractivity contribution < 1.29 is 31.9 Å². The molecule has 27 heavy (non-hydrogen) atoms. The molecule has 2 heterocycles. The molecule has 1 saturated heterocycles. The van der Waals surface area contributed by atoms with Gasteiger partial charge >= 0.3 is 12.1 Å². The summed E-state index contributed by atoms with van der Waals surface area (Å²) in [7, 11) is 2.99. The number of nitrogens with zero attached hydrogens (tertiary/aromatic N) is 3. The third-order valence-electron chi connectivity index (χ3n) is 4.45. The molecule has 2 aromatic rings. The summed E-state index contributed by atoms with van der Waals surface area (Å²) < 4.78 is 52.8. The summed E-state index contributed by atoms with van der Waals surface area (Å²) in [5.74, 6) is -0.908. The van der Waals surface area contributed by atoms with Gasteiger partial charge in [0.25, 0.3) is 5.91 Å². The summed E-state index contributed by atoms with van der Waals surface area (Å²) in [6, 6.07) is 4.89. The van der Waals surface area contributed by atoms with E-state index in [1.807, 2.05) is 0 Å². The first kappa shape index (κ1) is 19.0. The minimum Gasteiger partial charge on any atom is -0.493 e. The zero-order valence-corrected chi connectivity index (χ0v) is 14.7. The highest BCUT2D eigenvalue weighted by molar-refractivity contribution is 5.95. The molecule has 10 heteroatoms. The number of ether oxygens (including phenoxy) is 2. The summed E-state index contributed by atoms with van der Waals surface area (Å²) in [5, 5.41) is 6.56. The average Bonchev–Trinajstić information content (AvgIpc) is 3.17. The lowest BCUT2D eigenvalue weighted by Crippen LogP contribution is -2.38. The molecule has 7 nitrogen and oxygen atoms in total. The third kappa shape index (κ3) is 3.99. The van der Waals surface area contributed by atoms with Gasteiger partial charge in [-0.3, -0.25) is 4.79 Å². The first-order valence-electron chi connectivity index (χ1n) is 8.25.